The summed E-state index contributed by atoms with van der Waals surface area (Å²) in [7, 11) is 0. The topological polar surface area (TPSA) is 37.0 Å². The summed E-state index contributed by atoms with van der Waals surface area (Å²) in [5.41, 5.74) is 2.78. The Labute approximate surface area is 110 Å². The third-order valence-electron chi connectivity index (χ3n) is 4.01. The van der Waals surface area contributed by atoms with E-state index in [1.54, 1.807) is 11.3 Å². The van der Waals surface area contributed by atoms with Crippen molar-refractivity contribution in [2.24, 2.45) is 0 Å². The number of benzene rings is 1. The van der Waals surface area contributed by atoms with Crippen LogP contribution < -0.4 is 10.6 Å². The first-order valence-electron chi connectivity index (χ1n) is 6.39. The quantitative estimate of drug-likeness (QED) is 0.862. The van der Waals surface area contributed by atoms with Crippen molar-refractivity contribution >= 4 is 11.3 Å². The largest absolute Gasteiger partial charge is 0.314 e. The average Bonchev–Trinajstić information content (AvgIpc) is 2.94. The van der Waals surface area contributed by atoms with Crippen molar-refractivity contribution in [3.8, 4) is 10.6 Å². The molecular formula is C14H15N3S. The van der Waals surface area contributed by atoms with Gasteiger partial charge in [0.1, 0.15) is 5.01 Å². The van der Waals surface area contributed by atoms with Gasteiger partial charge in [0, 0.05) is 48.2 Å². The minimum absolute atomic E-state index is 0.588. The number of hydrogen-bond acceptors (Lipinski definition) is 4. The summed E-state index contributed by atoms with van der Waals surface area (Å²) in [5, 5.41) is 10.3. The molecule has 4 heteroatoms. The van der Waals surface area contributed by atoms with E-state index in [1.165, 1.54) is 11.1 Å². The molecule has 0 radical (unpaired) electrons. The third kappa shape index (κ3) is 1.53. The average molecular weight is 257 g/mol. The molecule has 2 unspecified atom stereocenters. The summed E-state index contributed by atoms with van der Waals surface area (Å²) in [5.74, 6) is 0.645. The van der Waals surface area contributed by atoms with E-state index in [9.17, 15) is 0 Å². The van der Waals surface area contributed by atoms with Crippen molar-refractivity contribution in [2.45, 2.75) is 18.0 Å². The number of piperazine rings is 1. The van der Waals surface area contributed by atoms with Crippen molar-refractivity contribution in [3.63, 3.8) is 0 Å². The van der Waals surface area contributed by atoms with Crippen LogP contribution in [0.2, 0.25) is 0 Å². The fourth-order valence-corrected chi connectivity index (χ4v) is 3.87. The molecule has 0 aliphatic carbocycles. The van der Waals surface area contributed by atoms with Crippen molar-refractivity contribution in [2.75, 3.05) is 13.1 Å². The smallest absolute Gasteiger partial charge is 0.123 e. The molecule has 92 valence electrons. The Morgan fingerprint density at radius 3 is 2.72 bits per heavy atom. The van der Waals surface area contributed by atoms with E-state index in [2.05, 4.69) is 39.9 Å². The molecule has 0 spiro atoms. The second kappa shape index (κ2) is 4.16. The molecule has 2 aliphatic rings. The SMILES string of the molecule is c1ccc(C2C3CNCC2N3)c(-c2nccs2)c1. The molecule has 2 fully saturated rings. The Kier molecular flexibility index (Phi) is 2.46. The van der Waals surface area contributed by atoms with Crippen LogP contribution in [0.15, 0.2) is 35.8 Å². The molecule has 2 atom stereocenters. The van der Waals surface area contributed by atoms with Crippen LogP contribution >= 0.6 is 11.3 Å². The van der Waals surface area contributed by atoms with Gasteiger partial charge >= 0.3 is 0 Å². The minimum atomic E-state index is 0.588. The van der Waals surface area contributed by atoms with Crippen molar-refractivity contribution in [1.29, 1.82) is 0 Å². The first kappa shape index (κ1) is 10.7. The van der Waals surface area contributed by atoms with Crippen LogP contribution in [0.5, 0.6) is 0 Å². The van der Waals surface area contributed by atoms with Crippen molar-refractivity contribution in [1.82, 2.24) is 15.6 Å². The Hall–Kier alpha value is -1.23. The van der Waals surface area contributed by atoms with Crippen LogP contribution in [-0.4, -0.2) is 30.2 Å². The molecule has 1 aromatic heterocycles. The predicted molar refractivity (Wildman–Crippen MR) is 73.9 cm³/mol. The monoisotopic (exact) mass is 257 g/mol. The van der Waals surface area contributed by atoms with Crippen LogP contribution in [-0.2, 0) is 0 Å². The van der Waals surface area contributed by atoms with Crippen molar-refractivity contribution in [3.05, 3.63) is 41.4 Å². The zero-order chi connectivity index (χ0) is 11.9. The number of aromatic nitrogens is 1. The summed E-state index contributed by atoms with van der Waals surface area (Å²) in [4.78, 5) is 4.46. The normalized spacial score (nSPS) is 29.9. The van der Waals surface area contributed by atoms with Gasteiger partial charge in [-0.25, -0.2) is 4.98 Å². The van der Waals surface area contributed by atoms with Crippen LogP contribution in [0.4, 0.5) is 0 Å². The lowest BCUT2D eigenvalue weighted by Crippen LogP contribution is -2.71. The fourth-order valence-electron chi connectivity index (χ4n) is 3.18. The maximum absolute atomic E-state index is 4.46. The Morgan fingerprint density at radius 2 is 2.00 bits per heavy atom. The number of fused-ring (bicyclic) bond motifs is 2. The number of hydrogen-bond donors (Lipinski definition) is 2. The molecule has 18 heavy (non-hydrogen) atoms. The maximum Gasteiger partial charge on any atom is 0.123 e. The Balaban J connectivity index is 1.77. The van der Waals surface area contributed by atoms with Gasteiger partial charge in [0.05, 0.1) is 0 Å². The number of rotatable bonds is 2. The predicted octanol–water partition coefficient (Wildman–Crippen LogP) is 1.84. The first-order valence-corrected chi connectivity index (χ1v) is 7.27. The molecule has 1 aromatic carbocycles. The summed E-state index contributed by atoms with van der Waals surface area (Å²) in [6.45, 7) is 2.15. The molecule has 2 aromatic rings. The summed E-state index contributed by atoms with van der Waals surface area (Å²) >= 11 is 1.72. The second-order valence-corrected chi connectivity index (χ2v) is 5.88. The number of thiazole rings is 1. The standard InChI is InChI=1S/C14H15N3S/c1-2-4-10(14-16-5-6-18-14)9(3-1)13-11-7-15-8-12(13)17-11/h1-6,11-13,15,17H,7-8H2. The van der Waals surface area contributed by atoms with E-state index >= 15 is 0 Å². The van der Waals surface area contributed by atoms with Crippen LogP contribution in [0.1, 0.15) is 11.5 Å². The highest BCUT2D eigenvalue weighted by Crippen LogP contribution is 2.39. The zero-order valence-corrected chi connectivity index (χ0v) is 10.8. The fraction of sp³-hybridized carbons (Fsp3) is 0.357. The van der Waals surface area contributed by atoms with Crippen LogP contribution in [0.3, 0.4) is 0 Å². The highest BCUT2D eigenvalue weighted by atomic mass is 32.1. The molecule has 0 saturated carbocycles. The highest BCUT2D eigenvalue weighted by molar-refractivity contribution is 7.13. The highest BCUT2D eigenvalue weighted by Gasteiger charge is 2.44. The van der Waals surface area contributed by atoms with Gasteiger partial charge < -0.3 is 10.6 Å². The second-order valence-electron chi connectivity index (χ2n) is 4.99. The summed E-state index contributed by atoms with van der Waals surface area (Å²) in [6.07, 6.45) is 1.89. The van der Waals surface area contributed by atoms with Gasteiger partial charge in [-0.05, 0) is 5.56 Å². The lowest BCUT2D eigenvalue weighted by atomic mass is 9.73. The molecule has 4 rings (SSSR count). The molecule has 3 nitrogen and oxygen atoms in total. The van der Waals surface area contributed by atoms with Gasteiger partial charge in [-0.2, -0.15) is 0 Å². The number of nitrogens with zero attached hydrogens (tertiary/aromatic N) is 1. The van der Waals surface area contributed by atoms with Crippen LogP contribution in [0, 0.1) is 0 Å². The van der Waals surface area contributed by atoms with E-state index in [1.807, 2.05) is 11.6 Å². The Morgan fingerprint density at radius 1 is 1.17 bits per heavy atom. The van der Waals surface area contributed by atoms with Gasteiger partial charge in [0.25, 0.3) is 0 Å². The lowest BCUT2D eigenvalue weighted by Gasteiger charge is -2.51. The molecule has 0 amide bonds. The summed E-state index contributed by atoms with van der Waals surface area (Å²) < 4.78 is 0. The van der Waals surface area contributed by atoms with E-state index in [-0.39, 0.29) is 0 Å². The van der Waals surface area contributed by atoms with Gasteiger partial charge in [0.2, 0.25) is 0 Å². The first-order chi connectivity index (χ1) is 8.93. The van der Waals surface area contributed by atoms with E-state index < -0.39 is 0 Å². The molecular weight excluding hydrogens is 242 g/mol. The van der Waals surface area contributed by atoms with E-state index in [0.717, 1.165) is 18.1 Å². The zero-order valence-electron chi connectivity index (χ0n) is 9.97. The molecule has 2 saturated heterocycles. The minimum Gasteiger partial charge on any atom is -0.314 e. The molecule has 2 bridgehead atoms. The van der Waals surface area contributed by atoms with Gasteiger partial charge in [-0.1, -0.05) is 24.3 Å². The lowest BCUT2D eigenvalue weighted by molar-refractivity contribution is 0.158. The van der Waals surface area contributed by atoms with E-state index in [4.69, 9.17) is 0 Å². The summed E-state index contributed by atoms with van der Waals surface area (Å²) in [6, 6.07) is 9.91. The van der Waals surface area contributed by atoms with Gasteiger partial charge in [0.15, 0.2) is 0 Å². The van der Waals surface area contributed by atoms with Crippen molar-refractivity contribution < 1.29 is 0 Å². The third-order valence-corrected chi connectivity index (χ3v) is 4.81. The molecule has 2 N–H and O–H groups in total. The van der Waals surface area contributed by atoms with Gasteiger partial charge in [-0.15, -0.1) is 11.3 Å². The Bertz CT molecular complexity index is 538. The van der Waals surface area contributed by atoms with Crippen LogP contribution in [0.25, 0.3) is 10.6 Å². The molecule has 3 heterocycles. The maximum atomic E-state index is 4.46. The number of nitrogens with one attached hydrogen (secondary N) is 2. The number of piperidine rings is 1. The van der Waals surface area contributed by atoms with Gasteiger partial charge in [-0.3, -0.25) is 0 Å². The molecule has 2 aliphatic heterocycles. The van der Waals surface area contributed by atoms with E-state index in [0.29, 0.717) is 18.0 Å².